The van der Waals surface area contributed by atoms with Crippen LogP contribution in [-0.2, 0) is 19.1 Å². The number of carbonyl (C=O) groups excluding carboxylic acids is 2. The third kappa shape index (κ3) is 2.78. The topological polar surface area (TPSA) is 55.8 Å². The smallest absolute Gasteiger partial charge is 0.403 e. The molecule has 126 valence electrons. The Hall–Kier alpha value is -1.38. The molecule has 2 heterocycles. The zero-order valence-electron chi connectivity index (χ0n) is 12.0. The molecule has 0 aromatic heterocycles. The number of esters is 1. The Morgan fingerprint density at radius 2 is 1.86 bits per heavy atom. The SMILES string of the molecule is COC(=O)[C@@H]1C[C@@H](F)CN1C(=O)C1(C(F)(F)F)CCOCC1. The van der Waals surface area contributed by atoms with Gasteiger partial charge in [0.05, 0.1) is 13.7 Å². The van der Waals surface area contributed by atoms with E-state index in [4.69, 9.17) is 4.74 Å². The number of hydrogen-bond acceptors (Lipinski definition) is 4. The van der Waals surface area contributed by atoms with Crippen molar-refractivity contribution < 1.29 is 36.6 Å². The van der Waals surface area contributed by atoms with E-state index in [0.29, 0.717) is 4.90 Å². The maximum Gasteiger partial charge on any atom is 0.403 e. The lowest BCUT2D eigenvalue weighted by molar-refractivity contribution is -0.245. The van der Waals surface area contributed by atoms with Crippen LogP contribution in [0, 0.1) is 5.41 Å². The minimum absolute atomic E-state index is 0.207. The largest absolute Gasteiger partial charge is 0.467 e. The van der Waals surface area contributed by atoms with E-state index < -0.39 is 55.1 Å². The number of carbonyl (C=O) groups is 2. The summed E-state index contributed by atoms with van der Waals surface area (Å²) < 4.78 is 63.4. The van der Waals surface area contributed by atoms with Crippen molar-refractivity contribution in [2.75, 3.05) is 26.9 Å². The summed E-state index contributed by atoms with van der Waals surface area (Å²) in [6, 6.07) is -1.31. The molecule has 0 aliphatic carbocycles. The normalized spacial score (nSPS) is 28.5. The molecular weight excluding hydrogens is 310 g/mol. The maximum atomic E-state index is 13.6. The van der Waals surface area contributed by atoms with E-state index in [1.807, 2.05) is 0 Å². The Balaban J connectivity index is 2.32. The lowest BCUT2D eigenvalue weighted by Crippen LogP contribution is -2.57. The molecule has 2 rings (SSSR count). The lowest BCUT2D eigenvalue weighted by Gasteiger charge is -2.40. The Morgan fingerprint density at radius 3 is 2.36 bits per heavy atom. The van der Waals surface area contributed by atoms with Crippen LogP contribution in [0.3, 0.4) is 0 Å². The Morgan fingerprint density at radius 1 is 1.27 bits per heavy atom. The molecule has 0 aromatic rings. The van der Waals surface area contributed by atoms with Gasteiger partial charge < -0.3 is 14.4 Å². The van der Waals surface area contributed by atoms with Crippen LogP contribution < -0.4 is 0 Å². The molecule has 2 saturated heterocycles. The minimum atomic E-state index is -4.79. The first-order chi connectivity index (χ1) is 10.2. The fourth-order valence-electron chi connectivity index (χ4n) is 2.98. The molecule has 5 nitrogen and oxygen atoms in total. The van der Waals surface area contributed by atoms with Crippen molar-refractivity contribution in [2.24, 2.45) is 5.41 Å². The number of amides is 1. The van der Waals surface area contributed by atoms with E-state index in [1.54, 1.807) is 0 Å². The summed E-state index contributed by atoms with van der Waals surface area (Å²) in [5.41, 5.74) is -2.62. The van der Waals surface area contributed by atoms with Crippen LogP contribution >= 0.6 is 0 Å². The van der Waals surface area contributed by atoms with Gasteiger partial charge >= 0.3 is 12.1 Å². The highest BCUT2D eigenvalue weighted by Crippen LogP contribution is 2.48. The number of likely N-dealkylation sites (tertiary alicyclic amines) is 1. The Kier molecular flexibility index (Phi) is 4.65. The number of halogens is 4. The second-order valence-corrected chi connectivity index (χ2v) is 5.52. The van der Waals surface area contributed by atoms with Gasteiger partial charge in [-0.05, 0) is 12.8 Å². The fraction of sp³-hybridized carbons (Fsp3) is 0.846. The van der Waals surface area contributed by atoms with Gasteiger partial charge in [-0.3, -0.25) is 4.79 Å². The van der Waals surface area contributed by atoms with Crippen LogP contribution in [0.25, 0.3) is 0 Å². The second kappa shape index (κ2) is 6.02. The number of alkyl halides is 4. The molecule has 0 spiro atoms. The van der Waals surface area contributed by atoms with E-state index in [2.05, 4.69) is 4.74 Å². The third-order valence-corrected chi connectivity index (χ3v) is 4.28. The summed E-state index contributed by atoms with van der Waals surface area (Å²) in [6.07, 6.45) is -7.74. The van der Waals surface area contributed by atoms with Gasteiger partial charge in [-0.25, -0.2) is 9.18 Å². The molecule has 2 aliphatic heterocycles. The summed E-state index contributed by atoms with van der Waals surface area (Å²) in [6.45, 7) is -0.945. The monoisotopic (exact) mass is 327 g/mol. The molecule has 9 heteroatoms. The molecule has 2 fully saturated rings. The number of ether oxygens (including phenoxy) is 2. The molecule has 0 aromatic carbocycles. The van der Waals surface area contributed by atoms with Gasteiger partial charge in [-0.2, -0.15) is 13.2 Å². The molecule has 2 atom stereocenters. The molecule has 1 amide bonds. The molecular formula is C13H17F4NO4. The van der Waals surface area contributed by atoms with Crippen molar-refractivity contribution in [3.8, 4) is 0 Å². The quantitative estimate of drug-likeness (QED) is 0.569. The first kappa shape index (κ1) is 17.0. The van der Waals surface area contributed by atoms with Crippen molar-refractivity contribution in [1.29, 1.82) is 0 Å². The van der Waals surface area contributed by atoms with E-state index in [9.17, 15) is 27.2 Å². The number of hydrogen-bond donors (Lipinski definition) is 0. The average Bonchev–Trinajstić information content (AvgIpc) is 2.87. The van der Waals surface area contributed by atoms with Crippen LogP contribution in [0.5, 0.6) is 0 Å². The standard InChI is InChI=1S/C13H17F4NO4/c1-21-10(19)9-6-8(14)7-18(9)11(20)12(13(15,16)17)2-4-22-5-3-12/h8-9H,2-7H2,1H3/t8-,9+/m1/s1. The van der Waals surface area contributed by atoms with E-state index >= 15 is 0 Å². The van der Waals surface area contributed by atoms with Crippen LogP contribution in [-0.4, -0.2) is 62.0 Å². The van der Waals surface area contributed by atoms with Crippen LogP contribution in [0.15, 0.2) is 0 Å². The summed E-state index contributed by atoms with van der Waals surface area (Å²) >= 11 is 0. The molecule has 0 bridgehead atoms. The highest BCUT2D eigenvalue weighted by atomic mass is 19.4. The first-order valence-electron chi connectivity index (χ1n) is 6.90. The number of nitrogens with zero attached hydrogens (tertiary/aromatic N) is 1. The summed E-state index contributed by atoms with van der Waals surface area (Å²) in [4.78, 5) is 24.8. The third-order valence-electron chi connectivity index (χ3n) is 4.28. The fourth-order valence-corrected chi connectivity index (χ4v) is 2.98. The molecule has 0 N–H and O–H groups in total. The van der Waals surface area contributed by atoms with Gasteiger partial charge in [0.15, 0.2) is 0 Å². The predicted molar refractivity (Wildman–Crippen MR) is 65.6 cm³/mol. The van der Waals surface area contributed by atoms with Crippen LogP contribution in [0.4, 0.5) is 17.6 Å². The van der Waals surface area contributed by atoms with Crippen LogP contribution in [0.1, 0.15) is 19.3 Å². The van der Waals surface area contributed by atoms with Gasteiger partial charge in [0.1, 0.15) is 17.6 Å². The van der Waals surface area contributed by atoms with Crippen molar-refractivity contribution in [1.82, 2.24) is 4.90 Å². The number of methoxy groups -OCH3 is 1. The summed E-state index contributed by atoms with van der Waals surface area (Å²) in [5, 5.41) is 0. The Bertz CT molecular complexity index is 448. The zero-order valence-corrected chi connectivity index (χ0v) is 12.0. The van der Waals surface area contributed by atoms with Crippen molar-refractivity contribution >= 4 is 11.9 Å². The molecule has 0 saturated carbocycles. The van der Waals surface area contributed by atoms with Gasteiger partial charge in [0.25, 0.3) is 0 Å². The highest BCUT2D eigenvalue weighted by molar-refractivity contribution is 5.89. The maximum absolute atomic E-state index is 13.6. The Labute approximate surface area is 124 Å². The summed E-state index contributed by atoms with van der Waals surface area (Å²) in [5.74, 6) is -2.17. The first-order valence-corrected chi connectivity index (χ1v) is 6.90. The van der Waals surface area contributed by atoms with Crippen molar-refractivity contribution in [3.63, 3.8) is 0 Å². The average molecular weight is 327 g/mol. The summed E-state index contributed by atoms with van der Waals surface area (Å²) in [7, 11) is 1.05. The zero-order chi connectivity index (χ0) is 16.5. The highest BCUT2D eigenvalue weighted by Gasteiger charge is 2.63. The van der Waals surface area contributed by atoms with Crippen LogP contribution in [0.2, 0.25) is 0 Å². The van der Waals surface area contributed by atoms with E-state index in [0.717, 1.165) is 7.11 Å². The molecule has 2 aliphatic rings. The van der Waals surface area contributed by atoms with Gasteiger partial charge in [-0.1, -0.05) is 0 Å². The van der Waals surface area contributed by atoms with Gasteiger partial charge in [0, 0.05) is 19.6 Å². The van der Waals surface area contributed by atoms with Crippen molar-refractivity contribution in [3.05, 3.63) is 0 Å². The molecule has 0 radical (unpaired) electrons. The van der Waals surface area contributed by atoms with E-state index in [-0.39, 0.29) is 19.6 Å². The predicted octanol–water partition coefficient (Wildman–Crippen LogP) is 1.46. The second-order valence-electron chi connectivity index (χ2n) is 5.52. The van der Waals surface area contributed by atoms with Gasteiger partial charge in [-0.15, -0.1) is 0 Å². The molecule has 0 unspecified atom stereocenters. The van der Waals surface area contributed by atoms with Gasteiger partial charge in [0.2, 0.25) is 5.91 Å². The van der Waals surface area contributed by atoms with E-state index in [1.165, 1.54) is 0 Å². The lowest BCUT2D eigenvalue weighted by atomic mass is 9.78. The number of rotatable bonds is 2. The minimum Gasteiger partial charge on any atom is -0.467 e. The van der Waals surface area contributed by atoms with Crippen molar-refractivity contribution in [2.45, 2.75) is 37.7 Å². The molecule has 22 heavy (non-hydrogen) atoms.